The second-order valence-electron chi connectivity index (χ2n) is 6.11. The van der Waals surface area contributed by atoms with Gasteiger partial charge in [-0.25, -0.2) is 4.39 Å². The average molecular weight is 407 g/mol. The van der Waals surface area contributed by atoms with Crippen molar-refractivity contribution in [2.24, 2.45) is 0 Å². The van der Waals surface area contributed by atoms with Gasteiger partial charge in [-0.05, 0) is 30.9 Å². The molecule has 0 bridgehead atoms. The first-order valence-electron chi connectivity index (χ1n) is 8.24. The molecule has 1 atom stereocenters. The van der Waals surface area contributed by atoms with Crippen LogP contribution in [0.3, 0.4) is 0 Å². The number of aryl methyl sites for hydroxylation is 1. The number of hydrogen-bond donors (Lipinski definition) is 1. The average Bonchev–Trinajstić information content (AvgIpc) is 3.24. The van der Waals surface area contributed by atoms with Gasteiger partial charge in [-0.1, -0.05) is 17.7 Å². The Morgan fingerprint density at radius 1 is 1.39 bits per heavy atom. The predicted octanol–water partition coefficient (Wildman–Crippen LogP) is 3.34. The number of nitrogens with zero attached hydrogens (tertiary/aromatic N) is 5. The molecule has 0 aliphatic heterocycles. The van der Waals surface area contributed by atoms with E-state index in [1.54, 1.807) is 32.2 Å². The van der Waals surface area contributed by atoms with Crippen LogP contribution in [0.1, 0.15) is 24.2 Å². The zero-order valence-corrected chi connectivity index (χ0v) is 15.7. The number of carbonyl (C=O) groups is 1. The second kappa shape index (κ2) is 7.77. The molecule has 28 heavy (non-hydrogen) atoms. The number of anilines is 1. The van der Waals surface area contributed by atoms with Crippen molar-refractivity contribution >= 4 is 29.1 Å². The number of carbonyl (C=O) groups excluding carboxylic acids is 1. The summed E-state index contributed by atoms with van der Waals surface area (Å²) in [5, 5.41) is 21.7. The summed E-state index contributed by atoms with van der Waals surface area (Å²) in [6.07, 6.45) is 1.58. The minimum atomic E-state index is -0.792. The van der Waals surface area contributed by atoms with Crippen molar-refractivity contribution in [3.63, 3.8) is 0 Å². The van der Waals surface area contributed by atoms with Gasteiger partial charge >= 0.3 is 5.82 Å². The van der Waals surface area contributed by atoms with Gasteiger partial charge < -0.3 is 15.4 Å². The maximum absolute atomic E-state index is 13.9. The van der Waals surface area contributed by atoms with Crippen molar-refractivity contribution < 1.29 is 14.1 Å². The van der Waals surface area contributed by atoms with Gasteiger partial charge in [0.15, 0.2) is 5.82 Å². The molecule has 3 rings (SSSR count). The van der Waals surface area contributed by atoms with Crippen molar-refractivity contribution in [2.75, 3.05) is 5.32 Å². The fourth-order valence-corrected chi connectivity index (χ4v) is 2.88. The number of amides is 1. The molecular formula is C17H16ClFN6O3. The van der Waals surface area contributed by atoms with E-state index in [0.29, 0.717) is 5.69 Å². The van der Waals surface area contributed by atoms with Crippen LogP contribution in [0.25, 0.3) is 0 Å². The normalized spacial score (nSPS) is 12.0. The third-order valence-corrected chi connectivity index (χ3v) is 4.47. The van der Waals surface area contributed by atoms with E-state index in [-0.39, 0.29) is 28.8 Å². The van der Waals surface area contributed by atoms with Gasteiger partial charge in [-0.15, -0.1) is 0 Å². The number of nitrogens with one attached hydrogen (secondary N) is 1. The number of benzene rings is 1. The third kappa shape index (κ3) is 4.01. The molecule has 1 unspecified atom stereocenters. The molecule has 146 valence electrons. The topological polar surface area (TPSA) is 108 Å². The molecule has 1 amide bonds. The Balaban J connectivity index is 1.71. The molecule has 0 saturated carbocycles. The van der Waals surface area contributed by atoms with Crippen molar-refractivity contribution in [1.29, 1.82) is 0 Å². The summed E-state index contributed by atoms with van der Waals surface area (Å²) in [5.41, 5.74) is 0.770. The Hall–Kier alpha value is -3.27. The van der Waals surface area contributed by atoms with Crippen LogP contribution in [0.2, 0.25) is 5.02 Å². The smallest absolute Gasteiger partial charge is 0.358 e. The SMILES string of the molecule is Cc1cc([N+](=O)[O-])nn1C(C)C(=O)Nc1ccn(Cc2c(F)cccc2Cl)n1. The van der Waals surface area contributed by atoms with E-state index in [0.717, 1.165) is 0 Å². The zero-order chi connectivity index (χ0) is 20.4. The number of aromatic nitrogens is 4. The molecule has 9 nitrogen and oxygen atoms in total. The van der Waals surface area contributed by atoms with Crippen molar-refractivity contribution in [3.05, 3.63) is 68.7 Å². The standard InChI is InChI=1S/C17H16ClFN6O3/c1-10-8-16(25(27)28)22-24(10)11(2)17(26)20-15-6-7-23(21-15)9-12-13(18)4-3-5-14(12)19/h3-8,11H,9H2,1-2H3,(H,20,21,26). The lowest BCUT2D eigenvalue weighted by Crippen LogP contribution is -2.25. The van der Waals surface area contributed by atoms with Crippen LogP contribution >= 0.6 is 11.6 Å². The number of halogens is 2. The molecule has 2 aromatic heterocycles. The summed E-state index contributed by atoms with van der Waals surface area (Å²) in [6, 6.07) is 6.45. The molecule has 0 saturated heterocycles. The van der Waals surface area contributed by atoms with Crippen LogP contribution in [0.4, 0.5) is 16.0 Å². The first kappa shape index (κ1) is 19.5. The highest BCUT2D eigenvalue weighted by Gasteiger charge is 2.25. The summed E-state index contributed by atoms with van der Waals surface area (Å²) in [7, 11) is 0. The first-order chi connectivity index (χ1) is 13.3. The van der Waals surface area contributed by atoms with Gasteiger partial charge in [0.25, 0.3) is 5.91 Å². The first-order valence-corrected chi connectivity index (χ1v) is 8.62. The quantitative estimate of drug-likeness (QED) is 0.499. The molecular weight excluding hydrogens is 391 g/mol. The zero-order valence-electron chi connectivity index (χ0n) is 15.0. The van der Waals surface area contributed by atoms with E-state index in [4.69, 9.17) is 11.6 Å². The van der Waals surface area contributed by atoms with E-state index < -0.39 is 22.7 Å². The molecule has 0 fully saturated rings. The molecule has 1 N–H and O–H groups in total. The molecule has 0 aliphatic carbocycles. The summed E-state index contributed by atoms with van der Waals surface area (Å²) < 4.78 is 16.6. The summed E-state index contributed by atoms with van der Waals surface area (Å²) in [4.78, 5) is 22.7. The molecule has 11 heteroatoms. The fourth-order valence-electron chi connectivity index (χ4n) is 2.66. The summed E-state index contributed by atoms with van der Waals surface area (Å²) in [5.74, 6) is -0.972. The molecule has 2 heterocycles. The van der Waals surface area contributed by atoms with Crippen molar-refractivity contribution in [1.82, 2.24) is 19.6 Å². The Morgan fingerprint density at radius 3 is 2.79 bits per heavy atom. The fraction of sp³-hybridized carbons (Fsp3) is 0.235. The summed E-state index contributed by atoms with van der Waals surface area (Å²) >= 11 is 6.01. The maximum Gasteiger partial charge on any atom is 0.390 e. The van der Waals surface area contributed by atoms with Crippen LogP contribution in [0.5, 0.6) is 0 Å². The lowest BCUT2D eigenvalue weighted by atomic mass is 10.2. The maximum atomic E-state index is 13.9. The largest absolute Gasteiger partial charge is 0.390 e. The van der Waals surface area contributed by atoms with E-state index in [2.05, 4.69) is 15.5 Å². The Kier molecular flexibility index (Phi) is 5.41. The summed E-state index contributed by atoms with van der Waals surface area (Å²) in [6.45, 7) is 3.28. The highest BCUT2D eigenvalue weighted by atomic mass is 35.5. The number of hydrogen-bond acceptors (Lipinski definition) is 5. The molecule has 0 aliphatic rings. The van der Waals surface area contributed by atoms with Crippen LogP contribution in [0, 0.1) is 22.9 Å². The van der Waals surface area contributed by atoms with Crippen molar-refractivity contribution in [2.45, 2.75) is 26.4 Å². The minimum absolute atomic E-state index is 0.0986. The minimum Gasteiger partial charge on any atom is -0.358 e. The molecule has 1 aromatic carbocycles. The van der Waals surface area contributed by atoms with Gasteiger partial charge in [0, 0.05) is 22.8 Å². The molecule has 3 aromatic rings. The second-order valence-corrected chi connectivity index (χ2v) is 6.52. The lowest BCUT2D eigenvalue weighted by Gasteiger charge is -2.10. The van der Waals surface area contributed by atoms with Crippen molar-refractivity contribution in [3.8, 4) is 0 Å². The van der Waals surface area contributed by atoms with E-state index in [9.17, 15) is 19.3 Å². The van der Waals surface area contributed by atoms with Gasteiger partial charge in [-0.2, -0.15) is 9.78 Å². The Morgan fingerprint density at radius 2 is 2.14 bits per heavy atom. The van der Waals surface area contributed by atoms with Gasteiger partial charge in [-0.3, -0.25) is 9.48 Å². The Labute approximate surface area is 163 Å². The van der Waals surface area contributed by atoms with E-state index in [1.165, 1.54) is 27.6 Å². The Bertz CT molecular complexity index is 1030. The number of rotatable bonds is 6. The highest BCUT2D eigenvalue weighted by Crippen LogP contribution is 2.21. The van der Waals surface area contributed by atoms with Crippen LogP contribution in [-0.4, -0.2) is 30.4 Å². The van der Waals surface area contributed by atoms with Crippen LogP contribution < -0.4 is 5.32 Å². The molecule has 0 spiro atoms. The van der Waals surface area contributed by atoms with E-state index in [1.807, 2.05) is 0 Å². The van der Waals surface area contributed by atoms with Gasteiger partial charge in [0.1, 0.15) is 11.9 Å². The van der Waals surface area contributed by atoms with Crippen LogP contribution in [0.15, 0.2) is 36.5 Å². The van der Waals surface area contributed by atoms with Crippen LogP contribution in [-0.2, 0) is 11.3 Å². The lowest BCUT2D eigenvalue weighted by molar-refractivity contribution is -0.389. The number of nitro groups is 1. The third-order valence-electron chi connectivity index (χ3n) is 4.12. The molecule has 0 radical (unpaired) electrons. The predicted molar refractivity (Wildman–Crippen MR) is 99.7 cm³/mol. The van der Waals surface area contributed by atoms with E-state index >= 15 is 0 Å². The van der Waals surface area contributed by atoms with Gasteiger partial charge in [0.05, 0.1) is 23.4 Å². The highest BCUT2D eigenvalue weighted by molar-refractivity contribution is 6.31. The monoisotopic (exact) mass is 406 g/mol. The van der Waals surface area contributed by atoms with Gasteiger partial charge in [0.2, 0.25) is 0 Å².